The third-order valence-corrected chi connectivity index (χ3v) is 5.94. The third kappa shape index (κ3) is 4.17. The number of hydrogen-bond acceptors (Lipinski definition) is 4. The second-order valence-electron chi connectivity index (χ2n) is 8.51. The van der Waals surface area contributed by atoms with Gasteiger partial charge in [-0.2, -0.15) is 0 Å². The quantitative estimate of drug-likeness (QED) is 0.400. The SMILES string of the molecule is Cc1cc(-c2cc3c(cn2)CN(Cc2ccc(-c4ccnc(C)c4)c(C)c2)C=C3)ccn1. The van der Waals surface area contributed by atoms with Crippen molar-refractivity contribution in [1.29, 1.82) is 0 Å². The highest BCUT2D eigenvalue weighted by Gasteiger charge is 2.14. The van der Waals surface area contributed by atoms with Gasteiger partial charge in [0.2, 0.25) is 0 Å². The van der Waals surface area contributed by atoms with Crippen molar-refractivity contribution in [3.8, 4) is 22.4 Å². The van der Waals surface area contributed by atoms with Crippen LogP contribution < -0.4 is 0 Å². The van der Waals surface area contributed by atoms with Crippen molar-refractivity contribution in [3.05, 3.63) is 107 Å². The summed E-state index contributed by atoms with van der Waals surface area (Å²) in [5.41, 5.74) is 11.7. The monoisotopic (exact) mass is 418 g/mol. The Morgan fingerprint density at radius 1 is 0.812 bits per heavy atom. The van der Waals surface area contributed by atoms with Gasteiger partial charge in [-0.25, -0.2) is 0 Å². The van der Waals surface area contributed by atoms with E-state index in [2.05, 4.69) is 76.5 Å². The molecule has 5 rings (SSSR count). The lowest BCUT2D eigenvalue weighted by molar-refractivity contribution is 0.359. The van der Waals surface area contributed by atoms with Gasteiger partial charge in [0, 0.05) is 54.8 Å². The molecule has 158 valence electrons. The van der Waals surface area contributed by atoms with Crippen LogP contribution in [0.2, 0.25) is 0 Å². The zero-order chi connectivity index (χ0) is 22.1. The molecule has 0 radical (unpaired) electrons. The highest BCUT2D eigenvalue weighted by molar-refractivity contribution is 5.68. The van der Waals surface area contributed by atoms with Crippen molar-refractivity contribution < 1.29 is 0 Å². The molecule has 1 aliphatic heterocycles. The Morgan fingerprint density at radius 2 is 1.56 bits per heavy atom. The van der Waals surface area contributed by atoms with Gasteiger partial charge in [0.25, 0.3) is 0 Å². The highest BCUT2D eigenvalue weighted by atomic mass is 15.1. The lowest BCUT2D eigenvalue weighted by Gasteiger charge is -2.26. The Bertz CT molecular complexity index is 1320. The van der Waals surface area contributed by atoms with E-state index in [9.17, 15) is 0 Å². The van der Waals surface area contributed by atoms with Gasteiger partial charge in [-0.05, 0) is 90.6 Å². The number of hydrogen-bond donors (Lipinski definition) is 0. The van der Waals surface area contributed by atoms with Crippen molar-refractivity contribution in [1.82, 2.24) is 19.9 Å². The molecule has 0 fully saturated rings. The fraction of sp³-hybridized carbons (Fsp3) is 0.179. The minimum Gasteiger partial charge on any atom is -0.369 e. The predicted octanol–water partition coefficient (Wildman–Crippen LogP) is 6.12. The normalized spacial score (nSPS) is 12.7. The topological polar surface area (TPSA) is 41.9 Å². The molecule has 1 aliphatic rings. The van der Waals surface area contributed by atoms with Crippen molar-refractivity contribution in [2.45, 2.75) is 33.9 Å². The molecule has 4 nitrogen and oxygen atoms in total. The molecule has 0 amide bonds. The Kier molecular flexibility index (Phi) is 5.28. The molecule has 0 atom stereocenters. The molecule has 0 N–H and O–H groups in total. The van der Waals surface area contributed by atoms with Gasteiger partial charge in [-0.15, -0.1) is 0 Å². The van der Waals surface area contributed by atoms with Crippen LogP contribution in [0.25, 0.3) is 28.5 Å². The van der Waals surface area contributed by atoms with E-state index >= 15 is 0 Å². The molecular weight excluding hydrogens is 392 g/mol. The summed E-state index contributed by atoms with van der Waals surface area (Å²) in [6, 6.07) is 17.2. The van der Waals surface area contributed by atoms with Gasteiger partial charge in [-0.1, -0.05) is 18.2 Å². The fourth-order valence-corrected chi connectivity index (χ4v) is 4.31. The molecule has 0 spiro atoms. The van der Waals surface area contributed by atoms with Gasteiger partial charge < -0.3 is 4.90 Å². The zero-order valence-electron chi connectivity index (χ0n) is 18.7. The number of pyridine rings is 3. The summed E-state index contributed by atoms with van der Waals surface area (Å²) >= 11 is 0. The Morgan fingerprint density at radius 3 is 2.31 bits per heavy atom. The van der Waals surface area contributed by atoms with E-state index in [1.807, 2.05) is 38.5 Å². The number of aromatic nitrogens is 3. The first-order chi connectivity index (χ1) is 15.5. The van der Waals surface area contributed by atoms with Gasteiger partial charge >= 0.3 is 0 Å². The van der Waals surface area contributed by atoms with Crippen LogP contribution in [0.15, 0.2) is 73.3 Å². The van der Waals surface area contributed by atoms with Crippen LogP contribution in [0, 0.1) is 20.8 Å². The molecule has 4 aromatic rings. The molecule has 4 heterocycles. The molecule has 0 bridgehead atoms. The number of fused-ring (bicyclic) bond motifs is 1. The Labute approximate surface area is 189 Å². The van der Waals surface area contributed by atoms with Crippen LogP contribution in [0.4, 0.5) is 0 Å². The van der Waals surface area contributed by atoms with E-state index in [0.29, 0.717) is 0 Å². The highest BCUT2D eigenvalue weighted by Crippen LogP contribution is 2.28. The molecule has 0 saturated carbocycles. The second kappa shape index (κ2) is 8.39. The van der Waals surface area contributed by atoms with Crippen molar-refractivity contribution in [2.75, 3.05) is 0 Å². The van der Waals surface area contributed by atoms with E-state index in [4.69, 9.17) is 4.98 Å². The van der Waals surface area contributed by atoms with Gasteiger partial charge in [0.15, 0.2) is 0 Å². The number of rotatable bonds is 4. The van der Waals surface area contributed by atoms with Crippen LogP contribution in [0.3, 0.4) is 0 Å². The minimum absolute atomic E-state index is 0.860. The van der Waals surface area contributed by atoms with Gasteiger partial charge in [0.1, 0.15) is 0 Å². The van der Waals surface area contributed by atoms with Crippen molar-refractivity contribution in [2.24, 2.45) is 0 Å². The van der Waals surface area contributed by atoms with Crippen molar-refractivity contribution in [3.63, 3.8) is 0 Å². The average Bonchev–Trinajstić information content (AvgIpc) is 2.79. The molecule has 3 aromatic heterocycles. The standard InChI is InChI=1S/C28H26N4/c1-19-12-22(4-5-27(19)24-6-9-29-20(2)13-24)17-32-11-8-23-15-28(31-16-26(23)18-32)25-7-10-30-21(3)14-25/h4-16H,17-18H2,1-3H3. The van der Waals surface area contributed by atoms with Crippen molar-refractivity contribution >= 4 is 6.08 Å². The molecule has 0 saturated heterocycles. The van der Waals surface area contributed by atoms with E-state index in [1.54, 1.807) is 0 Å². The van der Waals surface area contributed by atoms with Crippen LogP contribution in [0.1, 0.15) is 33.6 Å². The summed E-state index contributed by atoms with van der Waals surface area (Å²) in [6.07, 6.45) is 10.1. The second-order valence-corrected chi connectivity index (χ2v) is 8.51. The summed E-state index contributed by atoms with van der Waals surface area (Å²) in [6.45, 7) is 7.95. The van der Waals surface area contributed by atoms with Crippen LogP contribution in [-0.2, 0) is 13.1 Å². The number of aryl methyl sites for hydroxylation is 3. The minimum atomic E-state index is 0.860. The van der Waals surface area contributed by atoms with Gasteiger partial charge in [0.05, 0.1) is 5.69 Å². The summed E-state index contributed by atoms with van der Waals surface area (Å²) in [7, 11) is 0. The Hall–Kier alpha value is -3.79. The Balaban J connectivity index is 1.33. The van der Waals surface area contributed by atoms with E-state index in [-0.39, 0.29) is 0 Å². The van der Waals surface area contributed by atoms with Crippen LogP contribution >= 0.6 is 0 Å². The summed E-state index contributed by atoms with van der Waals surface area (Å²) < 4.78 is 0. The predicted molar refractivity (Wildman–Crippen MR) is 130 cm³/mol. The maximum Gasteiger partial charge on any atom is 0.0709 e. The maximum absolute atomic E-state index is 4.72. The van der Waals surface area contributed by atoms with E-state index in [1.165, 1.54) is 33.4 Å². The first-order valence-corrected chi connectivity index (χ1v) is 10.9. The smallest absolute Gasteiger partial charge is 0.0709 e. The van der Waals surface area contributed by atoms with Gasteiger partial charge in [-0.3, -0.25) is 15.0 Å². The zero-order valence-corrected chi connectivity index (χ0v) is 18.7. The molecule has 1 aromatic carbocycles. The van der Waals surface area contributed by atoms with Crippen LogP contribution in [0.5, 0.6) is 0 Å². The lowest BCUT2D eigenvalue weighted by Crippen LogP contribution is -2.20. The number of benzene rings is 1. The summed E-state index contributed by atoms with van der Waals surface area (Å²) in [4.78, 5) is 15.7. The summed E-state index contributed by atoms with van der Waals surface area (Å²) in [5.74, 6) is 0. The van der Waals surface area contributed by atoms with E-state index < -0.39 is 0 Å². The fourth-order valence-electron chi connectivity index (χ4n) is 4.31. The van der Waals surface area contributed by atoms with E-state index in [0.717, 1.165) is 35.7 Å². The molecular formula is C28H26N4. The molecule has 32 heavy (non-hydrogen) atoms. The number of nitrogens with zero attached hydrogens (tertiary/aromatic N) is 4. The summed E-state index contributed by atoms with van der Waals surface area (Å²) in [5, 5.41) is 0. The molecule has 0 aliphatic carbocycles. The average molecular weight is 419 g/mol. The first kappa shape index (κ1) is 20.1. The lowest BCUT2D eigenvalue weighted by atomic mass is 9.98. The molecule has 4 heteroatoms. The maximum atomic E-state index is 4.72. The largest absolute Gasteiger partial charge is 0.369 e. The first-order valence-electron chi connectivity index (χ1n) is 10.9. The van der Waals surface area contributed by atoms with Crippen LogP contribution in [-0.4, -0.2) is 19.9 Å². The third-order valence-electron chi connectivity index (χ3n) is 5.94. The molecule has 0 unspecified atom stereocenters.